The van der Waals surface area contributed by atoms with Crippen LogP contribution < -0.4 is 5.32 Å². The van der Waals surface area contributed by atoms with Gasteiger partial charge in [0.2, 0.25) is 0 Å². The minimum Gasteiger partial charge on any atom is -0.354 e. The van der Waals surface area contributed by atoms with Gasteiger partial charge in [0.15, 0.2) is 0 Å². The second kappa shape index (κ2) is 7.19. The molecule has 0 saturated heterocycles. The first-order chi connectivity index (χ1) is 12.8. The number of rotatable bonds is 4. The van der Waals surface area contributed by atoms with Gasteiger partial charge in [-0.15, -0.1) is 11.3 Å². The quantitative estimate of drug-likeness (QED) is 0.369. The Balaban J connectivity index is 1.69. The molecule has 0 saturated carbocycles. The second-order valence-corrected chi connectivity index (χ2v) is 7.28. The lowest BCUT2D eigenvalue weighted by Crippen LogP contribution is -1.90. The van der Waals surface area contributed by atoms with E-state index in [0.29, 0.717) is 0 Å². The average Bonchev–Trinajstić information content (AvgIpc) is 3.07. The first kappa shape index (κ1) is 16.6. The van der Waals surface area contributed by atoms with E-state index in [1.165, 1.54) is 31.3 Å². The van der Waals surface area contributed by atoms with Crippen LogP contribution >= 0.6 is 11.3 Å². The molecule has 0 aliphatic heterocycles. The van der Waals surface area contributed by atoms with E-state index >= 15 is 0 Å². The van der Waals surface area contributed by atoms with Gasteiger partial charge in [-0.2, -0.15) is 0 Å². The first-order valence-electron chi connectivity index (χ1n) is 8.87. The van der Waals surface area contributed by atoms with Gasteiger partial charge in [0.25, 0.3) is 0 Å². The number of thiophene rings is 1. The summed E-state index contributed by atoms with van der Waals surface area (Å²) in [6.45, 7) is 4.12. The standard InChI is InChI=1S/C24H21NS/c1-3-8-17(4-2)18-13-15-19(16-14-18)25-22-11-7-10-21-20-9-5-6-12-23(20)26-24(21)22/h3-16,25H,1-2H3/b8-3-,17-4+. The second-order valence-electron chi connectivity index (χ2n) is 6.23. The molecule has 128 valence electrons. The molecule has 1 aromatic heterocycles. The van der Waals surface area contributed by atoms with Gasteiger partial charge in [0.05, 0.1) is 10.4 Å². The van der Waals surface area contributed by atoms with Crippen molar-refractivity contribution < 1.29 is 0 Å². The van der Waals surface area contributed by atoms with Gasteiger partial charge in [-0.3, -0.25) is 0 Å². The van der Waals surface area contributed by atoms with Gasteiger partial charge in [-0.1, -0.05) is 60.7 Å². The van der Waals surface area contributed by atoms with Crippen LogP contribution in [0.4, 0.5) is 11.4 Å². The third kappa shape index (κ3) is 3.04. The molecule has 0 radical (unpaired) electrons. The SMILES string of the molecule is C/C=C\C(=C/C)c1ccc(Nc2cccc3c2sc2ccccc23)cc1. The zero-order valence-electron chi connectivity index (χ0n) is 15.0. The fraction of sp³-hybridized carbons (Fsp3) is 0.0833. The highest BCUT2D eigenvalue weighted by atomic mass is 32.1. The number of benzene rings is 3. The lowest BCUT2D eigenvalue weighted by molar-refractivity contribution is 1.54. The Morgan fingerprint density at radius 3 is 2.38 bits per heavy atom. The normalized spacial score (nSPS) is 12.3. The topological polar surface area (TPSA) is 12.0 Å². The third-order valence-corrected chi connectivity index (χ3v) is 5.78. The molecule has 0 fully saturated rings. The molecule has 3 aromatic carbocycles. The van der Waals surface area contributed by atoms with Crippen molar-refractivity contribution in [1.29, 1.82) is 0 Å². The summed E-state index contributed by atoms with van der Waals surface area (Å²) in [6.07, 6.45) is 6.35. The van der Waals surface area contributed by atoms with E-state index in [9.17, 15) is 0 Å². The van der Waals surface area contributed by atoms with Crippen LogP contribution in [0.15, 0.2) is 85.0 Å². The molecule has 4 aromatic rings. The van der Waals surface area contributed by atoms with Crippen LogP contribution in [0.3, 0.4) is 0 Å². The van der Waals surface area contributed by atoms with Crippen LogP contribution in [-0.4, -0.2) is 0 Å². The van der Waals surface area contributed by atoms with Crippen molar-refractivity contribution in [3.05, 3.63) is 90.5 Å². The zero-order chi connectivity index (χ0) is 17.9. The summed E-state index contributed by atoms with van der Waals surface area (Å²) in [4.78, 5) is 0. The molecule has 0 atom stereocenters. The van der Waals surface area contributed by atoms with Crippen molar-refractivity contribution in [1.82, 2.24) is 0 Å². The molecule has 26 heavy (non-hydrogen) atoms. The van der Waals surface area contributed by atoms with Gasteiger partial charge in [-0.05, 0) is 49.2 Å². The summed E-state index contributed by atoms with van der Waals surface area (Å²) in [5.74, 6) is 0. The highest BCUT2D eigenvalue weighted by molar-refractivity contribution is 7.26. The van der Waals surface area contributed by atoms with Gasteiger partial charge in [0, 0.05) is 21.2 Å². The number of anilines is 2. The summed E-state index contributed by atoms with van der Waals surface area (Å²) < 4.78 is 2.64. The number of hydrogen-bond donors (Lipinski definition) is 1. The molecule has 2 heteroatoms. The number of nitrogens with one attached hydrogen (secondary N) is 1. The fourth-order valence-electron chi connectivity index (χ4n) is 3.29. The Bertz CT molecular complexity index is 1110. The van der Waals surface area contributed by atoms with E-state index in [0.717, 1.165) is 11.4 Å². The van der Waals surface area contributed by atoms with E-state index < -0.39 is 0 Å². The smallest absolute Gasteiger partial charge is 0.0590 e. The third-order valence-electron chi connectivity index (χ3n) is 4.56. The van der Waals surface area contributed by atoms with Gasteiger partial charge >= 0.3 is 0 Å². The van der Waals surface area contributed by atoms with Crippen molar-refractivity contribution >= 4 is 48.5 Å². The maximum absolute atomic E-state index is 3.60. The Labute approximate surface area is 158 Å². The lowest BCUT2D eigenvalue weighted by Gasteiger charge is -2.09. The summed E-state index contributed by atoms with van der Waals surface area (Å²) in [7, 11) is 0. The van der Waals surface area contributed by atoms with Crippen LogP contribution in [0.5, 0.6) is 0 Å². The molecule has 1 nitrogen and oxygen atoms in total. The highest BCUT2D eigenvalue weighted by Crippen LogP contribution is 2.38. The van der Waals surface area contributed by atoms with Crippen LogP contribution in [0.2, 0.25) is 0 Å². The van der Waals surface area contributed by atoms with Gasteiger partial charge in [-0.25, -0.2) is 0 Å². The Morgan fingerprint density at radius 2 is 1.62 bits per heavy atom. The summed E-state index contributed by atoms with van der Waals surface area (Å²) in [5.41, 5.74) is 4.74. The molecule has 0 unspecified atom stereocenters. The Morgan fingerprint density at radius 1 is 0.846 bits per heavy atom. The summed E-state index contributed by atoms with van der Waals surface area (Å²) in [5, 5.41) is 6.24. The largest absolute Gasteiger partial charge is 0.354 e. The fourth-order valence-corrected chi connectivity index (χ4v) is 4.46. The minimum atomic E-state index is 1.11. The maximum atomic E-state index is 3.60. The van der Waals surface area contributed by atoms with Gasteiger partial charge < -0.3 is 5.32 Å². The van der Waals surface area contributed by atoms with Crippen LogP contribution in [0, 0.1) is 0 Å². The molecule has 0 aliphatic carbocycles. The Hall–Kier alpha value is -2.84. The molecule has 1 heterocycles. The molecule has 0 amide bonds. The van der Waals surface area contributed by atoms with Crippen LogP contribution in [0.25, 0.3) is 25.7 Å². The molecule has 1 N–H and O–H groups in total. The van der Waals surface area contributed by atoms with Crippen molar-refractivity contribution in [3.8, 4) is 0 Å². The molecule has 4 rings (SSSR count). The summed E-state index contributed by atoms with van der Waals surface area (Å²) in [6, 6.07) is 23.7. The molecule has 0 bridgehead atoms. The van der Waals surface area contributed by atoms with Crippen molar-refractivity contribution in [2.24, 2.45) is 0 Å². The molecular formula is C24H21NS. The molecule has 0 aliphatic rings. The molecule has 0 spiro atoms. The van der Waals surface area contributed by atoms with Gasteiger partial charge in [0.1, 0.15) is 0 Å². The van der Waals surface area contributed by atoms with Crippen molar-refractivity contribution in [2.75, 3.05) is 5.32 Å². The van der Waals surface area contributed by atoms with E-state index in [1.54, 1.807) is 0 Å². The van der Waals surface area contributed by atoms with E-state index in [-0.39, 0.29) is 0 Å². The zero-order valence-corrected chi connectivity index (χ0v) is 15.8. The lowest BCUT2D eigenvalue weighted by atomic mass is 10.0. The highest BCUT2D eigenvalue weighted by Gasteiger charge is 2.08. The summed E-state index contributed by atoms with van der Waals surface area (Å²) >= 11 is 1.85. The van der Waals surface area contributed by atoms with Crippen LogP contribution in [-0.2, 0) is 0 Å². The van der Waals surface area contributed by atoms with Crippen LogP contribution in [0.1, 0.15) is 19.4 Å². The minimum absolute atomic E-state index is 1.11. The number of hydrogen-bond acceptors (Lipinski definition) is 2. The average molecular weight is 356 g/mol. The predicted octanol–water partition coefficient (Wildman–Crippen LogP) is 7.78. The van der Waals surface area contributed by atoms with Crippen molar-refractivity contribution in [2.45, 2.75) is 13.8 Å². The Kier molecular flexibility index (Phi) is 4.59. The predicted molar refractivity (Wildman–Crippen MR) is 118 cm³/mol. The number of allylic oxidation sites excluding steroid dienone is 4. The van der Waals surface area contributed by atoms with E-state index in [1.807, 2.05) is 18.3 Å². The van der Waals surface area contributed by atoms with Crippen molar-refractivity contribution in [3.63, 3.8) is 0 Å². The molecular weight excluding hydrogens is 334 g/mol. The number of fused-ring (bicyclic) bond motifs is 3. The first-order valence-corrected chi connectivity index (χ1v) is 9.68. The van der Waals surface area contributed by atoms with E-state index in [4.69, 9.17) is 0 Å². The monoisotopic (exact) mass is 355 g/mol. The van der Waals surface area contributed by atoms with E-state index in [2.05, 4.69) is 97.2 Å². The maximum Gasteiger partial charge on any atom is 0.0590 e.